The average molecular weight is 611 g/mol. The lowest BCUT2D eigenvalue weighted by molar-refractivity contribution is -0.136. The van der Waals surface area contributed by atoms with Crippen molar-refractivity contribution in [2.75, 3.05) is 16.8 Å². The van der Waals surface area contributed by atoms with Gasteiger partial charge in [-0.3, -0.25) is 14.5 Å². The Morgan fingerprint density at radius 2 is 1.72 bits per heavy atom. The third-order valence-electron chi connectivity index (χ3n) is 6.44. The van der Waals surface area contributed by atoms with Crippen molar-refractivity contribution in [2.45, 2.75) is 38.6 Å². The van der Waals surface area contributed by atoms with E-state index in [9.17, 15) is 14.4 Å². The van der Waals surface area contributed by atoms with Crippen LogP contribution in [0.25, 0.3) is 5.57 Å². The molecule has 7 nitrogen and oxygen atoms in total. The number of anilines is 2. The number of amides is 3. The maximum absolute atomic E-state index is 13.5. The fourth-order valence-electron chi connectivity index (χ4n) is 4.33. The number of carboxylic acid groups (broad SMARTS) is 1. The number of carbonyl (C=O) groups excluding carboxylic acids is 2. The van der Waals surface area contributed by atoms with Crippen molar-refractivity contribution in [3.05, 3.63) is 99.0 Å². The monoisotopic (exact) mass is 609 g/mol. The van der Waals surface area contributed by atoms with Crippen LogP contribution in [0.3, 0.4) is 0 Å². The summed E-state index contributed by atoms with van der Waals surface area (Å²) in [5.74, 6) is -1.32. The lowest BCUT2D eigenvalue weighted by atomic mass is 9.93. The first-order valence-corrected chi connectivity index (χ1v) is 13.9. The summed E-state index contributed by atoms with van der Waals surface area (Å²) in [6.45, 7) is 0.315. The minimum absolute atomic E-state index is 0.0524. The SMILES string of the molecule is O=C(O)CCNC(=O)c1ccc(CN(C(=O)Nc2ccc(Br)c(Cl)c2)c2ccc(C3=CCCCC3)cc2)cc1. The second kappa shape index (κ2) is 13.4. The van der Waals surface area contributed by atoms with E-state index >= 15 is 0 Å². The summed E-state index contributed by atoms with van der Waals surface area (Å²) in [6.07, 6.45) is 6.70. The summed E-state index contributed by atoms with van der Waals surface area (Å²) >= 11 is 9.59. The maximum atomic E-state index is 13.5. The standard InChI is InChI=1S/C30H29BrClN3O4/c31-26-15-12-24(18-27(26)32)34-30(39)35(25-13-10-22(11-14-25)21-4-2-1-3-5-21)19-20-6-8-23(9-7-20)29(38)33-17-16-28(36)37/h4,6-15,18H,1-3,5,16-17,19H2,(H,33,38)(H,34,39)(H,36,37). The molecule has 0 atom stereocenters. The van der Waals surface area contributed by atoms with Gasteiger partial charge in [0.05, 0.1) is 18.0 Å². The first-order valence-electron chi connectivity index (χ1n) is 12.7. The Balaban J connectivity index is 1.54. The van der Waals surface area contributed by atoms with Crippen molar-refractivity contribution in [2.24, 2.45) is 0 Å². The number of hydrogen-bond donors (Lipinski definition) is 3. The van der Waals surface area contributed by atoms with E-state index in [0.717, 1.165) is 34.1 Å². The minimum atomic E-state index is -0.974. The van der Waals surface area contributed by atoms with Crippen molar-refractivity contribution in [3.8, 4) is 0 Å². The van der Waals surface area contributed by atoms with Gasteiger partial charge in [-0.1, -0.05) is 41.9 Å². The summed E-state index contributed by atoms with van der Waals surface area (Å²) < 4.78 is 0.735. The molecule has 0 spiro atoms. The van der Waals surface area contributed by atoms with E-state index in [1.54, 1.807) is 47.4 Å². The molecule has 3 aromatic rings. The van der Waals surface area contributed by atoms with Crippen LogP contribution in [0, 0.1) is 0 Å². The van der Waals surface area contributed by atoms with Crippen LogP contribution in [0.1, 0.15) is 53.6 Å². The zero-order valence-electron chi connectivity index (χ0n) is 21.3. The molecule has 0 aromatic heterocycles. The summed E-state index contributed by atoms with van der Waals surface area (Å²) in [5.41, 5.74) is 5.03. The van der Waals surface area contributed by atoms with Gasteiger partial charge < -0.3 is 15.7 Å². The van der Waals surface area contributed by atoms with Gasteiger partial charge in [0.2, 0.25) is 0 Å². The van der Waals surface area contributed by atoms with Gasteiger partial charge in [-0.15, -0.1) is 0 Å². The number of rotatable bonds is 9. The number of hydrogen-bond acceptors (Lipinski definition) is 3. The van der Waals surface area contributed by atoms with E-state index in [0.29, 0.717) is 16.3 Å². The molecular weight excluding hydrogens is 582 g/mol. The highest BCUT2D eigenvalue weighted by Gasteiger charge is 2.18. The van der Waals surface area contributed by atoms with E-state index in [2.05, 4.69) is 32.6 Å². The van der Waals surface area contributed by atoms with Gasteiger partial charge in [0, 0.05) is 28.0 Å². The normalized spacial score (nSPS) is 12.8. The van der Waals surface area contributed by atoms with Crippen LogP contribution < -0.4 is 15.5 Å². The molecule has 3 aromatic carbocycles. The molecular formula is C30H29BrClN3O4. The maximum Gasteiger partial charge on any atom is 0.326 e. The third-order valence-corrected chi connectivity index (χ3v) is 7.67. The summed E-state index contributed by atoms with van der Waals surface area (Å²) in [7, 11) is 0. The Labute approximate surface area is 241 Å². The number of allylic oxidation sites excluding steroid dienone is 2. The Bertz CT molecular complexity index is 1370. The first-order chi connectivity index (χ1) is 18.8. The van der Waals surface area contributed by atoms with Gasteiger partial charge in [0.1, 0.15) is 0 Å². The number of halogens is 2. The number of carboxylic acids is 1. The molecule has 0 unspecified atom stereocenters. The topological polar surface area (TPSA) is 98.7 Å². The zero-order chi connectivity index (χ0) is 27.8. The van der Waals surface area contributed by atoms with Crippen LogP contribution in [-0.2, 0) is 11.3 Å². The third kappa shape index (κ3) is 7.94. The number of nitrogens with one attached hydrogen (secondary N) is 2. The molecule has 1 aliphatic carbocycles. The van der Waals surface area contributed by atoms with Crippen LogP contribution in [-0.4, -0.2) is 29.6 Å². The Morgan fingerprint density at radius 3 is 2.36 bits per heavy atom. The minimum Gasteiger partial charge on any atom is -0.481 e. The highest BCUT2D eigenvalue weighted by Crippen LogP contribution is 2.30. The van der Waals surface area contributed by atoms with Gasteiger partial charge in [-0.2, -0.15) is 0 Å². The predicted octanol–water partition coefficient (Wildman–Crippen LogP) is 7.50. The summed E-state index contributed by atoms with van der Waals surface area (Å²) in [6, 6.07) is 19.8. The van der Waals surface area contributed by atoms with E-state index in [-0.39, 0.29) is 31.4 Å². The molecule has 0 radical (unpaired) electrons. The first kappa shape index (κ1) is 28.4. The Kier molecular flexibility index (Phi) is 9.79. The van der Waals surface area contributed by atoms with E-state index in [1.165, 1.54) is 18.4 Å². The fourth-order valence-corrected chi connectivity index (χ4v) is 4.76. The van der Waals surface area contributed by atoms with Crippen molar-refractivity contribution in [3.63, 3.8) is 0 Å². The second-order valence-electron chi connectivity index (χ2n) is 9.26. The molecule has 3 N–H and O–H groups in total. The van der Waals surface area contributed by atoms with Crippen molar-refractivity contribution >= 4 is 62.4 Å². The van der Waals surface area contributed by atoms with Crippen LogP contribution >= 0.6 is 27.5 Å². The van der Waals surface area contributed by atoms with Gasteiger partial charge in [-0.25, -0.2) is 4.79 Å². The number of nitrogens with zero attached hydrogens (tertiary/aromatic N) is 1. The molecule has 202 valence electrons. The highest BCUT2D eigenvalue weighted by molar-refractivity contribution is 9.10. The number of carbonyl (C=O) groups is 3. The quantitative estimate of drug-likeness (QED) is 0.234. The van der Waals surface area contributed by atoms with Crippen LogP contribution in [0.2, 0.25) is 5.02 Å². The lowest BCUT2D eigenvalue weighted by Crippen LogP contribution is -2.34. The van der Waals surface area contributed by atoms with Crippen LogP contribution in [0.5, 0.6) is 0 Å². The Hall–Kier alpha value is -3.62. The van der Waals surface area contributed by atoms with E-state index < -0.39 is 5.97 Å². The number of benzene rings is 3. The molecule has 9 heteroatoms. The molecule has 0 heterocycles. The fraction of sp³-hybridized carbons (Fsp3) is 0.233. The van der Waals surface area contributed by atoms with Crippen LogP contribution in [0.15, 0.2) is 77.3 Å². The van der Waals surface area contributed by atoms with Gasteiger partial charge in [0.25, 0.3) is 5.91 Å². The summed E-state index contributed by atoms with van der Waals surface area (Å²) in [5, 5.41) is 14.8. The predicted molar refractivity (Wildman–Crippen MR) is 158 cm³/mol. The van der Waals surface area contributed by atoms with E-state index in [1.807, 2.05) is 24.3 Å². The molecule has 0 aliphatic heterocycles. The molecule has 1 aliphatic rings. The molecule has 0 saturated heterocycles. The van der Waals surface area contributed by atoms with Gasteiger partial charge in [-0.05, 0) is 101 Å². The lowest BCUT2D eigenvalue weighted by Gasteiger charge is -2.24. The van der Waals surface area contributed by atoms with Crippen molar-refractivity contribution < 1.29 is 19.5 Å². The average Bonchev–Trinajstić information content (AvgIpc) is 2.94. The molecule has 0 bridgehead atoms. The smallest absolute Gasteiger partial charge is 0.326 e. The highest BCUT2D eigenvalue weighted by atomic mass is 79.9. The number of aliphatic carboxylic acids is 1. The summed E-state index contributed by atoms with van der Waals surface area (Å²) in [4.78, 5) is 38.1. The zero-order valence-corrected chi connectivity index (χ0v) is 23.6. The molecule has 39 heavy (non-hydrogen) atoms. The molecule has 0 saturated carbocycles. The van der Waals surface area contributed by atoms with Gasteiger partial charge >= 0.3 is 12.0 Å². The largest absolute Gasteiger partial charge is 0.481 e. The van der Waals surface area contributed by atoms with Crippen molar-refractivity contribution in [1.82, 2.24) is 5.32 Å². The number of urea groups is 1. The molecule has 0 fully saturated rings. The second-order valence-corrected chi connectivity index (χ2v) is 10.5. The van der Waals surface area contributed by atoms with Crippen molar-refractivity contribution in [1.29, 1.82) is 0 Å². The Morgan fingerprint density at radius 1 is 0.974 bits per heavy atom. The molecule has 3 amide bonds. The van der Waals surface area contributed by atoms with Gasteiger partial charge in [0.15, 0.2) is 0 Å². The van der Waals surface area contributed by atoms with E-state index in [4.69, 9.17) is 16.7 Å². The molecule has 4 rings (SSSR count). The van der Waals surface area contributed by atoms with Crippen LogP contribution in [0.4, 0.5) is 16.2 Å².